The Bertz CT molecular complexity index is 407. The van der Waals surface area contributed by atoms with Crippen LogP contribution in [0.5, 0.6) is 0 Å². The molecule has 1 aliphatic heterocycles. The molecule has 0 radical (unpaired) electrons. The molecule has 2 rings (SSSR count). The first-order valence-electron chi connectivity index (χ1n) is 5.93. The topological polar surface area (TPSA) is 59.6 Å². The summed E-state index contributed by atoms with van der Waals surface area (Å²) in [5.74, 6) is 0. The number of nitrogens with zero attached hydrogens (tertiary/aromatic N) is 2. The Labute approximate surface area is 105 Å². The minimum absolute atomic E-state index is 0.0383. The second-order valence-corrected chi connectivity index (χ2v) is 5.47. The molecular formula is C11H19N3O2S. The summed E-state index contributed by atoms with van der Waals surface area (Å²) in [6.07, 6.45) is 0. The molecule has 0 atom stereocenters. The molecule has 0 unspecified atom stereocenters. The van der Waals surface area contributed by atoms with Gasteiger partial charge >= 0.3 is 4.87 Å². The van der Waals surface area contributed by atoms with Crippen LogP contribution in [0.2, 0.25) is 0 Å². The number of aryl methyl sites for hydroxylation is 1. The summed E-state index contributed by atoms with van der Waals surface area (Å²) >= 11 is 1.31. The summed E-state index contributed by atoms with van der Waals surface area (Å²) in [4.78, 5) is 19.8. The Morgan fingerprint density at radius 2 is 1.94 bits per heavy atom. The first-order chi connectivity index (χ1) is 8.19. The SMILES string of the molecule is Cc1[nH]c(=O)sc1CN1CCN(CCO)CC1. The van der Waals surface area contributed by atoms with Crippen LogP contribution in [0.3, 0.4) is 0 Å². The number of β-amino-alcohol motifs (C(OH)–C–C–N with tert-alkyl or cyclic N) is 1. The quantitative estimate of drug-likeness (QED) is 0.788. The van der Waals surface area contributed by atoms with Crippen LogP contribution < -0.4 is 4.87 Å². The van der Waals surface area contributed by atoms with Gasteiger partial charge < -0.3 is 10.1 Å². The molecule has 1 saturated heterocycles. The van der Waals surface area contributed by atoms with Gasteiger partial charge in [-0.1, -0.05) is 11.3 Å². The van der Waals surface area contributed by atoms with Crippen LogP contribution in [0.4, 0.5) is 0 Å². The van der Waals surface area contributed by atoms with Gasteiger partial charge in [-0.3, -0.25) is 14.6 Å². The molecule has 0 amide bonds. The maximum Gasteiger partial charge on any atom is 0.304 e. The van der Waals surface area contributed by atoms with Crippen molar-refractivity contribution in [2.45, 2.75) is 13.5 Å². The van der Waals surface area contributed by atoms with Crippen LogP contribution in [0.25, 0.3) is 0 Å². The van der Waals surface area contributed by atoms with E-state index in [1.54, 1.807) is 0 Å². The molecule has 1 fully saturated rings. The zero-order chi connectivity index (χ0) is 12.3. The Morgan fingerprint density at radius 3 is 2.47 bits per heavy atom. The van der Waals surface area contributed by atoms with E-state index in [9.17, 15) is 4.79 Å². The Hall–Kier alpha value is -0.690. The molecule has 0 spiro atoms. The van der Waals surface area contributed by atoms with Crippen LogP contribution >= 0.6 is 11.3 Å². The summed E-state index contributed by atoms with van der Waals surface area (Å²) in [7, 11) is 0. The highest BCUT2D eigenvalue weighted by Gasteiger charge is 2.17. The number of rotatable bonds is 4. The van der Waals surface area contributed by atoms with Gasteiger partial charge in [0.25, 0.3) is 0 Å². The molecule has 6 heteroatoms. The number of H-pyrrole nitrogens is 1. The third-order valence-electron chi connectivity index (χ3n) is 3.17. The molecule has 0 aromatic carbocycles. The van der Waals surface area contributed by atoms with Crippen LogP contribution in [0.15, 0.2) is 4.79 Å². The van der Waals surface area contributed by atoms with E-state index in [2.05, 4.69) is 14.8 Å². The minimum Gasteiger partial charge on any atom is -0.395 e. The molecule has 5 nitrogen and oxygen atoms in total. The molecule has 0 aliphatic carbocycles. The van der Waals surface area contributed by atoms with Crippen molar-refractivity contribution < 1.29 is 5.11 Å². The maximum atomic E-state index is 11.2. The summed E-state index contributed by atoms with van der Waals surface area (Å²) in [6, 6.07) is 0. The van der Waals surface area contributed by atoms with Gasteiger partial charge in [0.05, 0.1) is 6.61 Å². The number of piperazine rings is 1. The van der Waals surface area contributed by atoms with Crippen molar-refractivity contribution in [3.63, 3.8) is 0 Å². The number of hydrogen-bond donors (Lipinski definition) is 2. The number of aliphatic hydroxyl groups excluding tert-OH is 1. The lowest BCUT2D eigenvalue weighted by atomic mass is 10.3. The molecule has 2 N–H and O–H groups in total. The summed E-state index contributed by atoms with van der Waals surface area (Å²) in [5.41, 5.74) is 0.998. The predicted molar refractivity (Wildman–Crippen MR) is 68.5 cm³/mol. The number of hydrogen-bond acceptors (Lipinski definition) is 5. The molecule has 1 aromatic rings. The molecule has 1 aromatic heterocycles. The van der Waals surface area contributed by atoms with Crippen LogP contribution in [0, 0.1) is 6.92 Å². The van der Waals surface area contributed by atoms with E-state index in [-0.39, 0.29) is 11.5 Å². The predicted octanol–water partition coefficient (Wildman–Crippen LogP) is -0.145. The average Bonchev–Trinajstić information content (AvgIpc) is 2.61. The van der Waals surface area contributed by atoms with Gasteiger partial charge in [0, 0.05) is 49.8 Å². The van der Waals surface area contributed by atoms with Crippen LogP contribution in [-0.2, 0) is 6.54 Å². The third-order valence-corrected chi connectivity index (χ3v) is 4.14. The summed E-state index contributed by atoms with van der Waals surface area (Å²) in [6.45, 7) is 7.83. The van der Waals surface area contributed by atoms with E-state index in [1.165, 1.54) is 11.3 Å². The van der Waals surface area contributed by atoms with Crippen LogP contribution in [-0.4, -0.2) is 59.2 Å². The second-order valence-electron chi connectivity index (χ2n) is 4.40. The van der Waals surface area contributed by atoms with Crippen LogP contribution in [0.1, 0.15) is 10.6 Å². The normalized spacial score (nSPS) is 18.7. The number of aromatic amines is 1. The third kappa shape index (κ3) is 3.38. The minimum atomic E-state index is 0.0383. The largest absolute Gasteiger partial charge is 0.395 e. The highest BCUT2D eigenvalue weighted by Crippen LogP contribution is 2.13. The van der Waals surface area contributed by atoms with Crippen molar-refractivity contribution in [3.05, 3.63) is 20.2 Å². The van der Waals surface area contributed by atoms with Gasteiger partial charge in [-0.05, 0) is 6.92 Å². The number of aromatic nitrogens is 1. The second kappa shape index (κ2) is 5.77. The van der Waals surface area contributed by atoms with Gasteiger partial charge in [0.15, 0.2) is 0 Å². The van der Waals surface area contributed by atoms with Gasteiger partial charge in [0.2, 0.25) is 0 Å². The Kier molecular flexibility index (Phi) is 4.33. The first-order valence-corrected chi connectivity index (χ1v) is 6.75. The van der Waals surface area contributed by atoms with E-state index in [4.69, 9.17) is 5.11 Å². The monoisotopic (exact) mass is 257 g/mol. The molecule has 0 bridgehead atoms. The van der Waals surface area contributed by atoms with Gasteiger partial charge in [-0.25, -0.2) is 0 Å². The van der Waals surface area contributed by atoms with E-state index in [0.717, 1.165) is 49.8 Å². The highest BCUT2D eigenvalue weighted by molar-refractivity contribution is 7.09. The molecule has 96 valence electrons. The van der Waals surface area contributed by atoms with Gasteiger partial charge in [-0.2, -0.15) is 0 Å². The fourth-order valence-electron chi connectivity index (χ4n) is 2.10. The van der Waals surface area contributed by atoms with Crippen molar-refractivity contribution in [2.75, 3.05) is 39.3 Å². The van der Waals surface area contributed by atoms with E-state index in [0.29, 0.717) is 0 Å². The zero-order valence-corrected chi connectivity index (χ0v) is 10.9. The summed E-state index contributed by atoms with van der Waals surface area (Å²) < 4.78 is 0. The average molecular weight is 257 g/mol. The van der Waals surface area contributed by atoms with Crippen molar-refractivity contribution in [3.8, 4) is 0 Å². The highest BCUT2D eigenvalue weighted by atomic mass is 32.1. The van der Waals surface area contributed by atoms with Crippen molar-refractivity contribution >= 4 is 11.3 Å². The Morgan fingerprint density at radius 1 is 1.29 bits per heavy atom. The lowest BCUT2D eigenvalue weighted by molar-refractivity contribution is 0.109. The Balaban J connectivity index is 1.86. The zero-order valence-electron chi connectivity index (χ0n) is 10.1. The van der Waals surface area contributed by atoms with E-state index in [1.807, 2.05) is 6.92 Å². The number of nitrogens with one attached hydrogen (secondary N) is 1. The molecular weight excluding hydrogens is 238 g/mol. The fourth-order valence-corrected chi connectivity index (χ4v) is 2.98. The lowest BCUT2D eigenvalue weighted by Crippen LogP contribution is -2.46. The molecule has 1 aliphatic rings. The fraction of sp³-hybridized carbons (Fsp3) is 0.727. The van der Waals surface area contributed by atoms with E-state index >= 15 is 0 Å². The maximum absolute atomic E-state index is 11.2. The molecule has 17 heavy (non-hydrogen) atoms. The molecule has 2 heterocycles. The first kappa shape index (κ1) is 12.8. The van der Waals surface area contributed by atoms with Gasteiger partial charge in [0.1, 0.15) is 0 Å². The molecule has 0 saturated carbocycles. The summed E-state index contributed by atoms with van der Waals surface area (Å²) in [5, 5.41) is 8.87. The number of aliphatic hydroxyl groups is 1. The number of thiazole rings is 1. The smallest absolute Gasteiger partial charge is 0.304 e. The van der Waals surface area contributed by atoms with Crippen molar-refractivity contribution in [1.82, 2.24) is 14.8 Å². The lowest BCUT2D eigenvalue weighted by Gasteiger charge is -2.34. The van der Waals surface area contributed by atoms with Crippen molar-refractivity contribution in [1.29, 1.82) is 0 Å². The van der Waals surface area contributed by atoms with Crippen molar-refractivity contribution in [2.24, 2.45) is 0 Å². The van der Waals surface area contributed by atoms with E-state index < -0.39 is 0 Å². The standard InChI is InChI=1S/C11H19N3O2S/c1-9-10(17-11(16)12-9)8-14-4-2-13(3-5-14)6-7-15/h15H,2-8H2,1H3,(H,12,16). The van der Waals surface area contributed by atoms with Gasteiger partial charge in [-0.15, -0.1) is 0 Å².